The number of benzene rings is 1. The number of halogens is 1. The summed E-state index contributed by atoms with van der Waals surface area (Å²) in [5.74, 6) is -1.63. The molecule has 1 aromatic carbocycles. The highest BCUT2D eigenvalue weighted by Crippen LogP contribution is 2.22. The van der Waals surface area contributed by atoms with Crippen LogP contribution >= 0.6 is 11.6 Å². The smallest absolute Gasteiger partial charge is 0.329 e. The number of rotatable bonds is 5. The molecule has 29 heavy (non-hydrogen) atoms. The highest BCUT2D eigenvalue weighted by molar-refractivity contribution is 6.35. The number of hydrogen-bond acceptors (Lipinski definition) is 4. The van der Waals surface area contributed by atoms with Gasteiger partial charge in [0.1, 0.15) is 0 Å². The number of aromatic nitrogens is 2. The Bertz CT molecular complexity index is 1060. The molecule has 2 amide bonds. The Morgan fingerprint density at radius 1 is 1.14 bits per heavy atom. The van der Waals surface area contributed by atoms with Crippen LogP contribution in [-0.2, 0) is 16.1 Å². The molecule has 2 aromatic heterocycles. The molecule has 0 fully saturated rings. The number of hydrazone groups is 1. The largest absolute Gasteiger partial charge is 0.342 e. The van der Waals surface area contributed by atoms with Crippen LogP contribution in [0.15, 0.2) is 59.8 Å². The van der Waals surface area contributed by atoms with Gasteiger partial charge in [-0.25, -0.2) is 5.43 Å². The van der Waals surface area contributed by atoms with Crippen molar-refractivity contribution in [3.05, 3.63) is 82.4 Å². The number of hydrogen-bond donors (Lipinski definition) is 2. The van der Waals surface area contributed by atoms with E-state index in [1.165, 1.54) is 6.21 Å². The summed E-state index contributed by atoms with van der Waals surface area (Å²) in [6, 6.07) is 14.8. The van der Waals surface area contributed by atoms with Gasteiger partial charge in [-0.3, -0.25) is 14.6 Å². The highest BCUT2D eigenvalue weighted by Gasteiger charge is 2.13. The number of aryl methyl sites for hydroxylation is 1. The lowest BCUT2D eigenvalue weighted by molar-refractivity contribution is -0.139. The average molecular weight is 410 g/mol. The Kier molecular flexibility index (Phi) is 6.41. The summed E-state index contributed by atoms with van der Waals surface area (Å²) in [7, 11) is 0. The molecule has 0 saturated carbocycles. The highest BCUT2D eigenvalue weighted by atomic mass is 35.5. The lowest BCUT2D eigenvalue weighted by atomic mass is 10.2. The van der Waals surface area contributed by atoms with E-state index in [-0.39, 0.29) is 6.54 Å². The van der Waals surface area contributed by atoms with Gasteiger partial charge in [-0.1, -0.05) is 23.7 Å². The molecular weight excluding hydrogens is 390 g/mol. The van der Waals surface area contributed by atoms with Crippen LogP contribution in [0.4, 0.5) is 0 Å². The molecule has 0 unspecified atom stereocenters. The van der Waals surface area contributed by atoms with Crippen molar-refractivity contribution in [3.63, 3.8) is 0 Å². The molecule has 0 atom stereocenters. The number of carbonyl (C=O) groups is 2. The third kappa shape index (κ3) is 5.08. The lowest BCUT2D eigenvalue weighted by Gasteiger charge is -2.09. The second-order valence-electron chi connectivity index (χ2n) is 6.34. The zero-order valence-electron chi connectivity index (χ0n) is 16.0. The van der Waals surface area contributed by atoms with E-state index in [0.29, 0.717) is 10.7 Å². The molecule has 0 spiro atoms. The summed E-state index contributed by atoms with van der Waals surface area (Å²) in [6.07, 6.45) is 3.12. The Morgan fingerprint density at radius 3 is 2.69 bits per heavy atom. The minimum Gasteiger partial charge on any atom is -0.342 e. The van der Waals surface area contributed by atoms with Crippen LogP contribution in [0.25, 0.3) is 5.69 Å². The lowest BCUT2D eigenvalue weighted by Crippen LogP contribution is -2.37. The van der Waals surface area contributed by atoms with Crippen LogP contribution in [0.1, 0.15) is 22.6 Å². The van der Waals surface area contributed by atoms with E-state index in [2.05, 4.69) is 20.8 Å². The number of carbonyl (C=O) groups excluding carboxylic acids is 2. The minimum atomic E-state index is -0.846. The fraction of sp³-hybridized carbons (Fsp3) is 0.143. The fourth-order valence-electron chi connectivity index (χ4n) is 2.90. The van der Waals surface area contributed by atoms with Crippen LogP contribution < -0.4 is 10.7 Å². The number of nitrogens with one attached hydrogen (secondary N) is 2. The zero-order chi connectivity index (χ0) is 20.8. The predicted octanol–water partition coefficient (Wildman–Crippen LogP) is 2.91. The quantitative estimate of drug-likeness (QED) is 0.386. The molecule has 0 radical (unpaired) electrons. The number of amides is 2. The standard InChI is InChI=1S/C21H20ClN5O2/c1-14-10-16(15(2)27(14)19-8-5-6-17(22)11-19)12-25-26-21(29)20(28)24-13-18-7-3-4-9-23-18/h3-12H,13H2,1-2H3,(H,24,28)(H,26,29)/b25-12-. The Hall–Kier alpha value is -3.45. The molecule has 8 heteroatoms. The van der Waals surface area contributed by atoms with Gasteiger partial charge in [0, 0.05) is 33.9 Å². The topological polar surface area (TPSA) is 88.4 Å². The first-order valence-corrected chi connectivity index (χ1v) is 9.29. The van der Waals surface area contributed by atoms with Gasteiger partial charge in [0.25, 0.3) is 0 Å². The normalized spacial score (nSPS) is 10.9. The van der Waals surface area contributed by atoms with E-state index >= 15 is 0 Å². The maximum absolute atomic E-state index is 11.9. The summed E-state index contributed by atoms with van der Waals surface area (Å²) in [6.45, 7) is 4.07. The zero-order valence-corrected chi connectivity index (χ0v) is 16.8. The first-order valence-electron chi connectivity index (χ1n) is 8.91. The molecule has 3 aromatic rings. The fourth-order valence-corrected chi connectivity index (χ4v) is 3.08. The Labute approximate surface area is 173 Å². The maximum Gasteiger partial charge on any atom is 0.329 e. The van der Waals surface area contributed by atoms with Gasteiger partial charge in [-0.2, -0.15) is 5.10 Å². The molecule has 7 nitrogen and oxygen atoms in total. The van der Waals surface area contributed by atoms with Crippen LogP contribution in [0.2, 0.25) is 5.02 Å². The number of pyridine rings is 1. The van der Waals surface area contributed by atoms with E-state index in [1.54, 1.807) is 24.4 Å². The van der Waals surface area contributed by atoms with Crippen molar-refractivity contribution in [3.8, 4) is 5.69 Å². The molecule has 2 N–H and O–H groups in total. The summed E-state index contributed by atoms with van der Waals surface area (Å²) in [5.41, 5.74) is 6.57. The molecule has 0 aliphatic rings. The molecule has 3 rings (SSSR count). The van der Waals surface area contributed by atoms with Crippen LogP contribution in [0.5, 0.6) is 0 Å². The summed E-state index contributed by atoms with van der Waals surface area (Å²) in [5, 5.41) is 7.05. The van der Waals surface area contributed by atoms with E-state index in [9.17, 15) is 9.59 Å². The first kappa shape index (κ1) is 20.3. The van der Waals surface area contributed by atoms with Crippen molar-refractivity contribution in [1.29, 1.82) is 0 Å². The van der Waals surface area contributed by atoms with Gasteiger partial charge in [0.2, 0.25) is 0 Å². The van der Waals surface area contributed by atoms with Crippen molar-refractivity contribution >= 4 is 29.6 Å². The second kappa shape index (κ2) is 9.16. The molecular formula is C21H20ClN5O2. The van der Waals surface area contributed by atoms with Gasteiger partial charge in [-0.15, -0.1) is 0 Å². The van der Waals surface area contributed by atoms with Crippen molar-refractivity contribution in [1.82, 2.24) is 20.3 Å². The molecule has 0 aliphatic heterocycles. The maximum atomic E-state index is 11.9. The summed E-state index contributed by atoms with van der Waals surface area (Å²) in [4.78, 5) is 27.8. The first-order chi connectivity index (χ1) is 14.0. The summed E-state index contributed by atoms with van der Waals surface area (Å²) < 4.78 is 2.04. The predicted molar refractivity (Wildman–Crippen MR) is 112 cm³/mol. The molecule has 0 bridgehead atoms. The minimum absolute atomic E-state index is 0.164. The Balaban J connectivity index is 1.62. The van der Waals surface area contributed by atoms with Crippen LogP contribution in [-0.4, -0.2) is 27.6 Å². The van der Waals surface area contributed by atoms with E-state index in [0.717, 1.165) is 22.6 Å². The van der Waals surface area contributed by atoms with Crippen molar-refractivity contribution in [2.75, 3.05) is 0 Å². The third-order valence-corrected chi connectivity index (χ3v) is 4.50. The van der Waals surface area contributed by atoms with Gasteiger partial charge < -0.3 is 9.88 Å². The van der Waals surface area contributed by atoms with Gasteiger partial charge in [0.05, 0.1) is 18.5 Å². The molecule has 0 saturated heterocycles. The van der Waals surface area contributed by atoms with E-state index in [1.807, 2.05) is 48.7 Å². The van der Waals surface area contributed by atoms with Crippen molar-refractivity contribution in [2.45, 2.75) is 20.4 Å². The molecule has 0 aliphatic carbocycles. The Morgan fingerprint density at radius 2 is 1.97 bits per heavy atom. The van der Waals surface area contributed by atoms with Gasteiger partial charge in [-0.05, 0) is 50.2 Å². The second-order valence-corrected chi connectivity index (χ2v) is 6.78. The SMILES string of the molecule is Cc1cc(/C=N\NC(=O)C(=O)NCc2ccccn2)c(C)n1-c1cccc(Cl)c1. The van der Waals surface area contributed by atoms with E-state index in [4.69, 9.17) is 11.6 Å². The van der Waals surface area contributed by atoms with Crippen LogP contribution in [0, 0.1) is 13.8 Å². The molecule has 2 heterocycles. The summed E-state index contributed by atoms with van der Waals surface area (Å²) >= 11 is 6.09. The van der Waals surface area contributed by atoms with Crippen molar-refractivity contribution < 1.29 is 9.59 Å². The number of nitrogens with zero attached hydrogens (tertiary/aromatic N) is 3. The molecule has 148 valence electrons. The van der Waals surface area contributed by atoms with Gasteiger partial charge >= 0.3 is 11.8 Å². The van der Waals surface area contributed by atoms with Gasteiger partial charge in [0.15, 0.2) is 0 Å². The average Bonchev–Trinajstić information content (AvgIpc) is 3.00. The van der Waals surface area contributed by atoms with E-state index < -0.39 is 11.8 Å². The van der Waals surface area contributed by atoms with Crippen molar-refractivity contribution in [2.24, 2.45) is 5.10 Å². The van der Waals surface area contributed by atoms with Crippen LogP contribution in [0.3, 0.4) is 0 Å². The third-order valence-electron chi connectivity index (χ3n) is 4.27. The monoisotopic (exact) mass is 409 g/mol.